The zero-order valence-corrected chi connectivity index (χ0v) is 26.4. The van der Waals surface area contributed by atoms with Crippen molar-refractivity contribution in [2.75, 3.05) is 13.2 Å². The van der Waals surface area contributed by atoms with Gasteiger partial charge in [0, 0.05) is 6.61 Å². The normalized spacial score (nSPS) is 31.1. The number of halogens is 1. The Hall–Kier alpha value is -1.20. The monoisotopic (exact) mass is 588 g/mol. The minimum Gasteiger partial charge on any atom is -0.414 e. The number of aromatic amines is 1. The summed E-state index contributed by atoms with van der Waals surface area (Å²) >= 11 is 0. The summed E-state index contributed by atoms with van der Waals surface area (Å²) < 4.78 is 55.5. The van der Waals surface area contributed by atoms with Gasteiger partial charge in [-0.2, -0.15) is 4.39 Å². The first-order valence-corrected chi connectivity index (χ1v) is 18.2. The molecule has 1 unspecified atom stereocenters. The molecule has 3 aliphatic heterocycles. The lowest BCUT2D eigenvalue weighted by molar-refractivity contribution is -0.215. The summed E-state index contributed by atoms with van der Waals surface area (Å²) in [5.41, 5.74) is -1.43. The minimum absolute atomic E-state index is 0.0723. The maximum atomic E-state index is 14.4. The summed E-state index contributed by atoms with van der Waals surface area (Å²) in [7, 11) is -5.84. The number of nitrogens with one attached hydrogen (secondary N) is 1. The van der Waals surface area contributed by atoms with Crippen molar-refractivity contribution in [1.82, 2.24) is 9.55 Å². The Morgan fingerprint density at radius 1 is 1.00 bits per heavy atom. The Morgan fingerprint density at radius 3 is 2.21 bits per heavy atom. The van der Waals surface area contributed by atoms with Crippen molar-refractivity contribution in [3.05, 3.63) is 32.9 Å². The number of hydrogen-bond donors (Lipinski definition) is 1. The first-order valence-electron chi connectivity index (χ1n) is 14.3. The van der Waals surface area contributed by atoms with Gasteiger partial charge in [-0.25, -0.2) is 4.79 Å². The molecule has 5 atom stereocenters. The van der Waals surface area contributed by atoms with E-state index in [1.165, 1.54) is 0 Å². The molecule has 4 heterocycles. The van der Waals surface area contributed by atoms with E-state index in [2.05, 4.69) is 55.4 Å². The summed E-state index contributed by atoms with van der Waals surface area (Å²) in [6.07, 6.45) is -0.267. The molecule has 39 heavy (non-hydrogen) atoms. The average molecular weight is 589 g/mol. The molecule has 0 spiro atoms. The van der Waals surface area contributed by atoms with Gasteiger partial charge in [-0.1, -0.05) is 55.4 Å². The second-order valence-corrected chi connectivity index (χ2v) is 21.0. The van der Waals surface area contributed by atoms with E-state index in [4.69, 9.17) is 27.2 Å². The van der Waals surface area contributed by atoms with Crippen LogP contribution in [0, 0.1) is 5.82 Å². The van der Waals surface area contributed by atoms with E-state index in [-0.39, 0.29) is 28.8 Å². The van der Waals surface area contributed by atoms with Crippen molar-refractivity contribution in [2.24, 2.45) is 0 Å². The van der Waals surface area contributed by atoms with E-state index in [9.17, 15) is 14.0 Å². The molecule has 3 saturated heterocycles. The third kappa shape index (κ3) is 5.78. The van der Waals surface area contributed by atoms with Crippen molar-refractivity contribution >= 4 is 17.1 Å². The highest BCUT2D eigenvalue weighted by Gasteiger charge is 2.62. The fourth-order valence-electron chi connectivity index (χ4n) is 6.14. The van der Waals surface area contributed by atoms with Gasteiger partial charge in [0.25, 0.3) is 5.56 Å². The summed E-state index contributed by atoms with van der Waals surface area (Å²) in [5.74, 6) is -1.09. The quantitative estimate of drug-likeness (QED) is 0.466. The Kier molecular flexibility index (Phi) is 9.43. The fourth-order valence-corrected chi connectivity index (χ4v) is 17.3. The molecule has 0 aromatic carbocycles. The zero-order chi connectivity index (χ0) is 28.7. The Labute approximate surface area is 232 Å². The molecule has 0 amide bonds. The van der Waals surface area contributed by atoms with Crippen molar-refractivity contribution in [3.63, 3.8) is 0 Å². The third-order valence-electron chi connectivity index (χ3n) is 8.26. The van der Waals surface area contributed by atoms with E-state index in [0.29, 0.717) is 13.0 Å². The highest BCUT2D eigenvalue weighted by molar-refractivity contribution is 6.83. The highest BCUT2D eigenvalue weighted by atomic mass is 28.5. The Balaban J connectivity index is 1.83. The molecule has 0 aliphatic carbocycles. The molecule has 1 aromatic heterocycles. The van der Waals surface area contributed by atoms with Crippen molar-refractivity contribution in [1.29, 1.82) is 0 Å². The van der Waals surface area contributed by atoms with Gasteiger partial charge in [0.2, 0.25) is 5.82 Å². The SMILES string of the molecule is CC(C)[Si]1(C(C)C)OC[C@H]2O[C@@H](n3cc(F)c(=O)[nH]c3=O)[C@H](OC3CCCCO3)[C@@H]2O[Si](C(C)C)(C(C)C)O1. The first-order chi connectivity index (χ1) is 18.3. The molecule has 10 nitrogen and oxygen atoms in total. The van der Waals surface area contributed by atoms with Gasteiger partial charge in [0.1, 0.15) is 18.3 Å². The van der Waals surface area contributed by atoms with Gasteiger partial charge in [-0.05, 0) is 41.4 Å². The van der Waals surface area contributed by atoms with Crippen LogP contribution in [-0.2, 0) is 27.2 Å². The molecular weight excluding hydrogens is 543 g/mol. The molecule has 0 saturated carbocycles. The smallest absolute Gasteiger partial charge is 0.335 e. The maximum absolute atomic E-state index is 14.4. The van der Waals surface area contributed by atoms with E-state index in [1.54, 1.807) is 0 Å². The molecule has 1 N–H and O–H groups in total. The van der Waals surface area contributed by atoms with Crippen LogP contribution in [0.5, 0.6) is 0 Å². The lowest BCUT2D eigenvalue weighted by atomic mass is 10.1. The van der Waals surface area contributed by atoms with E-state index in [0.717, 1.165) is 23.6 Å². The van der Waals surface area contributed by atoms with E-state index in [1.807, 2.05) is 4.98 Å². The molecule has 222 valence electrons. The summed E-state index contributed by atoms with van der Waals surface area (Å²) in [5, 5.41) is 0. The van der Waals surface area contributed by atoms with Gasteiger partial charge in [-0.3, -0.25) is 14.3 Å². The third-order valence-corrected chi connectivity index (χ3v) is 18.5. The van der Waals surface area contributed by atoms with Crippen molar-refractivity contribution < 1.29 is 31.6 Å². The standard InChI is InChI=1S/C26H45FN2O8Si2/c1-15(2)38(16(3)4)33-14-20-22(36-39(37-38,17(5)6)18(7)8)23(35-21-11-9-10-12-32-21)25(34-20)29-13-19(27)24(30)28-26(29)31/h13,15-18,20-23,25H,9-12,14H2,1-8H3,(H,28,30,31)/t20-,21?,22-,23-,25-/m1/s1. The molecule has 0 radical (unpaired) electrons. The zero-order valence-electron chi connectivity index (χ0n) is 24.4. The summed E-state index contributed by atoms with van der Waals surface area (Å²) in [4.78, 5) is 26.7. The van der Waals surface area contributed by atoms with Crippen molar-refractivity contribution in [3.8, 4) is 0 Å². The predicted molar refractivity (Wildman–Crippen MR) is 147 cm³/mol. The highest BCUT2D eigenvalue weighted by Crippen LogP contribution is 2.49. The Morgan fingerprint density at radius 2 is 1.64 bits per heavy atom. The molecular formula is C26H45FN2O8Si2. The second-order valence-electron chi connectivity index (χ2n) is 12.2. The number of aromatic nitrogens is 2. The number of nitrogens with zero attached hydrogens (tertiary/aromatic N) is 1. The second kappa shape index (κ2) is 12.0. The largest absolute Gasteiger partial charge is 0.414 e. The van der Waals surface area contributed by atoms with Crippen LogP contribution in [0.4, 0.5) is 4.39 Å². The van der Waals surface area contributed by atoms with Crippen LogP contribution in [-0.4, -0.2) is 64.5 Å². The van der Waals surface area contributed by atoms with Crippen molar-refractivity contribution in [2.45, 2.75) is 128 Å². The van der Waals surface area contributed by atoms with Gasteiger partial charge >= 0.3 is 22.8 Å². The lowest BCUT2D eigenvalue weighted by Crippen LogP contribution is -2.66. The number of hydrogen-bond acceptors (Lipinski definition) is 8. The first kappa shape index (κ1) is 30.8. The van der Waals surface area contributed by atoms with Gasteiger partial charge < -0.3 is 27.2 Å². The van der Waals surface area contributed by atoms with E-state index < -0.39 is 65.0 Å². The van der Waals surface area contributed by atoms with Gasteiger partial charge in [0.15, 0.2) is 12.5 Å². The maximum Gasteiger partial charge on any atom is 0.335 e. The van der Waals surface area contributed by atoms with E-state index >= 15 is 0 Å². The number of ether oxygens (including phenoxy) is 3. The lowest BCUT2D eigenvalue weighted by Gasteiger charge is -2.51. The molecule has 13 heteroatoms. The summed E-state index contributed by atoms with van der Waals surface area (Å²) in [6, 6.07) is 0. The molecule has 4 rings (SSSR count). The van der Waals surface area contributed by atoms with Crippen LogP contribution in [0.15, 0.2) is 15.8 Å². The number of fused-ring (bicyclic) bond motifs is 1. The topological polar surface area (TPSA) is 110 Å². The fraction of sp³-hybridized carbons (Fsp3) is 0.846. The van der Waals surface area contributed by atoms with Crippen LogP contribution in [0.3, 0.4) is 0 Å². The van der Waals surface area contributed by atoms with Crippen LogP contribution in [0.1, 0.15) is 80.9 Å². The molecule has 3 aliphatic rings. The van der Waals surface area contributed by atoms with Gasteiger partial charge in [0.05, 0.1) is 12.8 Å². The van der Waals surface area contributed by atoms with Crippen LogP contribution < -0.4 is 11.2 Å². The van der Waals surface area contributed by atoms with Crippen LogP contribution in [0.25, 0.3) is 0 Å². The molecule has 1 aromatic rings. The van der Waals surface area contributed by atoms with Gasteiger partial charge in [-0.15, -0.1) is 0 Å². The average Bonchev–Trinajstić information content (AvgIpc) is 3.17. The minimum atomic E-state index is -3.02. The molecule has 0 bridgehead atoms. The predicted octanol–water partition coefficient (Wildman–Crippen LogP) is 4.44. The Bertz CT molecular complexity index is 1090. The summed E-state index contributed by atoms with van der Waals surface area (Å²) in [6.45, 7) is 17.8. The van der Waals surface area contributed by atoms with Crippen LogP contribution in [0.2, 0.25) is 22.2 Å². The molecule has 3 fully saturated rings. The number of H-pyrrole nitrogens is 1. The number of rotatable bonds is 7. The van der Waals surface area contributed by atoms with Crippen LogP contribution >= 0.6 is 0 Å².